The molecule has 0 unspecified atom stereocenters. The summed E-state index contributed by atoms with van der Waals surface area (Å²) in [6.07, 6.45) is 0. The summed E-state index contributed by atoms with van der Waals surface area (Å²) in [6.45, 7) is 3.67. The Balaban J connectivity index is 1.35. The van der Waals surface area contributed by atoms with Crippen LogP contribution in [-0.4, -0.2) is 62.5 Å². The summed E-state index contributed by atoms with van der Waals surface area (Å²) < 4.78 is 37.6. The zero-order valence-electron chi connectivity index (χ0n) is 16.1. The molecule has 1 atom stereocenters. The highest BCUT2D eigenvalue weighted by atomic mass is 32.2. The van der Waals surface area contributed by atoms with Crippen molar-refractivity contribution in [2.24, 2.45) is 0 Å². The van der Waals surface area contributed by atoms with Gasteiger partial charge in [-0.3, -0.25) is 9.69 Å². The summed E-state index contributed by atoms with van der Waals surface area (Å²) in [5.74, 6) is 1.12. The molecule has 0 spiro atoms. The molecule has 2 heterocycles. The minimum atomic E-state index is -3.51. The number of nitrogens with zero attached hydrogens (tertiary/aromatic N) is 2. The molecule has 0 aromatic heterocycles. The molecule has 2 aliphatic heterocycles. The maximum Gasteiger partial charge on any atom is 0.243 e. The normalized spacial score (nSPS) is 18.4. The molecule has 1 fully saturated rings. The molecule has 0 saturated carbocycles. The fourth-order valence-corrected chi connectivity index (χ4v) is 4.90. The maximum absolute atomic E-state index is 12.7. The van der Waals surface area contributed by atoms with Gasteiger partial charge in [-0.25, -0.2) is 8.42 Å². The topological polar surface area (TPSA) is 88.2 Å². The predicted molar refractivity (Wildman–Crippen MR) is 107 cm³/mol. The largest absolute Gasteiger partial charge is 0.454 e. The average Bonchev–Trinajstić information content (AvgIpc) is 3.22. The number of carbonyl (C=O) groups is 1. The molecule has 9 heteroatoms. The molecule has 0 aliphatic carbocycles. The van der Waals surface area contributed by atoms with E-state index in [1.54, 1.807) is 48.5 Å². The number of benzene rings is 2. The van der Waals surface area contributed by atoms with E-state index in [0.717, 1.165) is 0 Å². The zero-order valence-corrected chi connectivity index (χ0v) is 16.9. The standard InChI is InChI=1S/C20H23N3O5S/c1-15(20(24)21-16-7-8-18-19(13-16)28-14-27-18)22-9-11-23(12-10-22)29(25,26)17-5-3-2-4-6-17/h2-8,13,15H,9-12,14H2,1H3,(H,21,24)/t15-/m1/s1. The van der Waals surface area contributed by atoms with Crippen molar-refractivity contribution in [3.63, 3.8) is 0 Å². The Kier molecular flexibility index (Phi) is 5.44. The molecule has 1 saturated heterocycles. The van der Waals surface area contributed by atoms with E-state index in [4.69, 9.17) is 9.47 Å². The third-order valence-corrected chi connectivity index (χ3v) is 7.13. The molecule has 154 valence electrons. The summed E-state index contributed by atoms with van der Waals surface area (Å²) in [5, 5.41) is 2.89. The van der Waals surface area contributed by atoms with Crippen molar-refractivity contribution in [2.75, 3.05) is 38.3 Å². The van der Waals surface area contributed by atoms with Gasteiger partial charge in [0.2, 0.25) is 22.7 Å². The van der Waals surface area contributed by atoms with Gasteiger partial charge in [0.05, 0.1) is 10.9 Å². The summed E-state index contributed by atoms with van der Waals surface area (Å²) >= 11 is 0. The van der Waals surface area contributed by atoms with E-state index < -0.39 is 10.0 Å². The molecule has 29 heavy (non-hydrogen) atoms. The van der Waals surface area contributed by atoms with E-state index in [-0.39, 0.29) is 18.7 Å². The Morgan fingerprint density at radius 3 is 2.41 bits per heavy atom. The molecular weight excluding hydrogens is 394 g/mol. The van der Waals surface area contributed by atoms with Crippen LogP contribution in [0.15, 0.2) is 53.4 Å². The lowest BCUT2D eigenvalue weighted by molar-refractivity contribution is -0.121. The summed E-state index contributed by atoms with van der Waals surface area (Å²) in [6, 6.07) is 13.3. The number of rotatable bonds is 5. The van der Waals surface area contributed by atoms with E-state index in [9.17, 15) is 13.2 Å². The third kappa shape index (κ3) is 4.07. The number of carbonyl (C=O) groups excluding carboxylic acids is 1. The zero-order chi connectivity index (χ0) is 20.4. The maximum atomic E-state index is 12.7. The molecule has 4 rings (SSSR count). The lowest BCUT2D eigenvalue weighted by Gasteiger charge is -2.36. The van der Waals surface area contributed by atoms with Crippen LogP contribution in [0.2, 0.25) is 0 Å². The summed E-state index contributed by atoms with van der Waals surface area (Å²) in [4.78, 5) is 14.9. The van der Waals surface area contributed by atoms with E-state index in [0.29, 0.717) is 48.3 Å². The van der Waals surface area contributed by atoms with Crippen LogP contribution in [0, 0.1) is 0 Å². The highest BCUT2D eigenvalue weighted by molar-refractivity contribution is 7.89. The van der Waals surface area contributed by atoms with Crippen LogP contribution in [-0.2, 0) is 14.8 Å². The van der Waals surface area contributed by atoms with Crippen molar-refractivity contribution in [3.05, 3.63) is 48.5 Å². The van der Waals surface area contributed by atoms with Gasteiger partial charge in [-0.1, -0.05) is 18.2 Å². The van der Waals surface area contributed by atoms with Gasteiger partial charge in [0.25, 0.3) is 0 Å². The van der Waals surface area contributed by atoms with Gasteiger partial charge in [-0.15, -0.1) is 0 Å². The first-order chi connectivity index (χ1) is 13.9. The van der Waals surface area contributed by atoms with Crippen molar-refractivity contribution < 1.29 is 22.7 Å². The second-order valence-electron chi connectivity index (χ2n) is 6.99. The van der Waals surface area contributed by atoms with Crippen LogP contribution in [0.3, 0.4) is 0 Å². The smallest absolute Gasteiger partial charge is 0.243 e. The van der Waals surface area contributed by atoms with Crippen molar-refractivity contribution in [1.82, 2.24) is 9.21 Å². The fourth-order valence-electron chi connectivity index (χ4n) is 3.46. The molecule has 0 radical (unpaired) electrons. The van der Waals surface area contributed by atoms with Crippen molar-refractivity contribution in [1.29, 1.82) is 0 Å². The Morgan fingerprint density at radius 2 is 1.69 bits per heavy atom. The number of amides is 1. The number of anilines is 1. The van der Waals surface area contributed by atoms with Gasteiger partial charge in [-0.05, 0) is 31.2 Å². The highest BCUT2D eigenvalue weighted by Crippen LogP contribution is 2.34. The highest BCUT2D eigenvalue weighted by Gasteiger charge is 2.31. The Morgan fingerprint density at radius 1 is 1.00 bits per heavy atom. The number of hydrogen-bond donors (Lipinski definition) is 1. The molecule has 1 amide bonds. The van der Waals surface area contributed by atoms with Crippen molar-refractivity contribution in [3.8, 4) is 11.5 Å². The van der Waals surface area contributed by atoms with Crippen LogP contribution in [0.5, 0.6) is 11.5 Å². The first-order valence-corrected chi connectivity index (χ1v) is 10.9. The van der Waals surface area contributed by atoms with E-state index in [2.05, 4.69) is 5.32 Å². The number of nitrogens with one attached hydrogen (secondary N) is 1. The summed E-state index contributed by atoms with van der Waals surface area (Å²) in [7, 11) is -3.51. The minimum absolute atomic E-state index is 0.150. The van der Waals surface area contributed by atoms with Gasteiger partial charge in [0, 0.05) is 37.9 Å². The third-order valence-electron chi connectivity index (χ3n) is 5.22. The van der Waals surface area contributed by atoms with Crippen LogP contribution >= 0.6 is 0 Å². The van der Waals surface area contributed by atoms with E-state index in [1.165, 1.54) is 4.31 Å². The van der Waals surface area contributed by atoms with Gasteiger partial charge in [-0.2, -0.15) is 4.31 Å². The first-order valence-electron chi connectivity index (χ1n) is 9.45. The van der Waals surface area contributed by atoms with Crippen molar-refractivity contribution >= 4 is 21.6 Å². The molecule has 1 N–H and O–H groups in total. The van der Waals surface area contributed by atoms with Crippen LogP contribution in [0.25, 0.3) is 0 Å². The SMILES string of the molecule is C[C@H](C(=O)Nc1ccc2c(c1)OCO2)N1CCN(S(=O)(=O)c2ccccc2)CC1. The second-order valence-corrected chi connectivity index (χ2v) is 8.92. The van der Waals surface area contributed by atoms with Gasteiger partial charge >= 0.3 is 0 Å². The number of ether oxygens (including phenoxy) is 2. The van der Waals surface area contributed by atoms with Crippen LogP contribution in [0.1, 0.15) is 6.92 Å². The predicted octanol–water partition coefficient (Wildman–Crippen LogP) is 1.75. The lowest BCUT2D eigenvalue weighted by Crippen LogP contribution is -2.53. The lowest BCUT2D eigenvalue weighted by atomic mass is 10.2. The molecule has 0 bridgehead atoms. The number of sulfonamides is 1. The second kappa shape index (κ2) is 8.02. The molecule has 8 nitrogen and oxygen atoms in total. The Hall–Kier alpha value is -2.62. The molecule has 2 aromatic rings. The Labute approximate surface area is 170 Å². The van der Waals surface area contributed by atoms with Crippen molar-refractivity contribution in [2.45, 2.75) is 17.9 Å². The quantitative estimate of drug-likeness (QED) is 0.798. The van der Waals surface area contributed by atoms with Crippen LogP contribution in [0.4, 0.5) is 5.69 Å². The number of piperazine rings is 1. The van der Waals surface area contributed by atoms with Gasteiger partial charge in [0.15, 0.2) is 11.5 Å². The Bertz CT molecular complexity index is 988. The van der Waals surface area contributed by atoms with Crippen LogP contribution < -0.4 is 14.8 Å². The number of hydrogen-bond acceptors (Lipinski definition) is 6. The molecule has 2 aliphatic rings. The summed E-state index contributed by atoms with van der Waals surface area (Å²) in [5.41, 5.74) is 0.636. The van der Waals surface area contributed by atoms with Gasteiger partial charge in [0.1, 0.15) is 0 Å². The van der Waals surface area contributed by atoms with Gasteiger partial charge < -0.3 is 14.8 Å². The number of fused-ring (bicyclic) bond motifs is 1. The first kappa shape index (κ1) is 19.7. The monoisotopic (exact) mass is 417 g/mol. The molecular formula is C20H23N3O5S. The van der Waals surface area contributed by atoms with E-state index in [1.807, 2.05) is 11.8 Å². The minimum Gasteiger partial charge on any atom is -0.454 e. The average molecular weight is 417 g/mol. The fraction of sp³-hybridized carbons (Fsp3) is 0.350. The molecule has 2 aromatic carbocycles. The van der Waals surface area contributed by atoms with E-state index >= 15 is 0 Å².